The van der Waals surface area contributed by atoms with Crippen LogP contribution in [0.4, 0.5) is 5.82 Å². The molecule has 0 aromatic carbocycles. The van der Waals surface area contributed by atoms with Crippen LogP contribution in [0.15, 0.2) is 24.5 Å². The molecule has 1 aliphatic heterocycles. The van der Waals surface area contributed by atoms with Gasteiger partial charge in [-0.2, -0.15) is 0 Å². The summed E-state index contributed by atoms with van der Waals surface area (Å²) in [6, 6.07) is 4.09. The van der Waals surface area contributed by atoms with Gasteiger partial charge in [0.15, 0.2) is 0 Å². The van der Waals surface area contributed by atoms with Crippen molar-refractivity contribution < 1.29 is 8.42 Å². The van der Waals surface area contributed by atoms with Crippen molar-refractivity contribution >= 4 is 27.4 Å². The summed E-state index contributed by atoms with van der Waals surface area (Å²) in [6.45, 7) is 5.56. The molecule has 3 heterocycles. The summed E-state index contributed by atoms with van der Waals surface area (Å²) >= 11 is 6.42. The van der Waals surface area contributed by atoms with Crippen LogP contribution in [0.1, 0.15) is 36.8 Å². The van der Waals surface area contributed by atoms with Crippen molar-refractivity contribution in [3.63, 3.8) is 0 Å². The van der Waals surface area contributed by atoms with Crippen molar-refractivity contribution in [1.82, 2.24) is 14.7 Å². The van der Waals surface area contributed by atoms with E-state index in [2.05, 4.69) is 25.7 Å². The minimum atomic E-state index is -3.14. The molecule has 1 saturated heterocycles. The fourth-order valence-electron chi connectivity index (χ4n) is 3.71. The third-order valence-corrected chi connectivity index (χ3v) is 7.74. The van der Waals surface area contributed by atoms with Gasteiger partial charge < -0.3 is 4.90 Å². The van der Waals surface area contributed by atoms with Gasteiger partial charge in [-0.3, -0.25) is 4.98 Å². The number of nitrogens with one attached hydrogen (secondary N) is 1. The van der Waals surface area contributed by atoms with Crippen molar-refractivity contribution in [3.8, 4) is 11.3 Å². The molecule has 2 aromatic rings. The van der Waals surface area contributed by atoms with E-state index in [1.807, 2.05) is 26.1 Å². The van der Waals surface area contributed by atoms with Crippen LogP contribution < -0.4 is 9.62 Å². The molecule has 2 aromatic heterocycles. The summed E-state index contributed by atoms with van der Waals surface area (Å²) in [5, 5.41) is 0.409. The van der Waals surface area contributed by atoms with E-state index in [0.29, 0.717) is 5.02 Å². The van der Waals surface area contributed by atoms with Crippen LogP contribution in [0, 0.1) is 13.8 Å². The van der Waals surface area contributed by atoms with Gasteiger partial charge in [-0.25, -0.2) is 18.1 Å². The molecular formula is C20H25ClN4O2S. The first-order valence-corrected chi connectivity index (χ1v) is 11.6. The first-order chi connectivity index (χ1) is 13.3. The summed E-state index contributed by atoms with van der Waals surface area (Å²) in [5.41, 5.74) is 3.93. The van der Waals surface area contributed by atoms with Crippen LogP contribution in [0.25, 0.3) is 11.3 Å². The lowest BCUT2D eigenvalue weighted by Gasteiger charge is -2.33. The molecule has 0 radical (unpaired) electrons. The summed E-state index contributed by atoms with van der Waals surface area (Å²) in [7, 11) is -3.14. The van der Waals surface area contributed by atoms with Gasteiger partial charge in [0.1, 0.15) is 5.82 Å². The Hall–Kier alpha value is -1.70. The summed E-state index contributed by atoms with van der Waals surface area (Å²) < 4.78 is 27.2. The highest BCUT2D eigenvalue weighted by Gasteiger charge is 2.37. The number of rotatable bonds is 5. The maximum absolute atomic E-state index is 12.1. The van der Waals surface area contributed by atoms with Gasteiger partial charge in [0.25, 0.3) is 0 Å². The predicted molar refractivity (Wildman–Crippen MR) is 112 cm³/mol. The molecule has 1 saturated carbocycles. The molecule has 150 valence electrons. The van der Waals surface area contributed by atoms with E-state index in [1.54, 1.807) is 6.20 Å². The normalized spacial score (nSPS) is 18.5. The quantitative estimate of drug-likeness (QED) is 0.801. The monoisotopic (exact) mass is 420 g/mol. The Morgan fingerprint density at radius 3 is 2.43 bits per heavy atom. The minimum Gasteiger partial charge on any atom is -0.356 e. The molecule has 1 N–H and O–H groups in total. The van der Waals surface area contributed by atoms with Gasteiger partial charge in [0, 0.05) is 37.1 Å². The highest BCUT2D eigenvalue weighted by atomic mass is 35.5. The Bertz CT molecular complexity index is 984. The van der Waals surface area contributed by atoms with E-state index in [4.69, 9.17) is 11.6 Å². The summed E-state index contributed by atoms with van der Waals surface area (Å²) in [6.07, 6.45) is 6.64. The van der Waals surface area contributed by atoms with Crippen LogP contribution in [-0.2, 0) is 10.0 Å². The van der Waals surface area contributed by atoms with Crippen LogP contribution in [0.2, 0.25) is 5.02 Å². The van der Waals surface area contributed by atoms with E-state index in [-0.39, 0.29) is 11.3 Å². The molecule has 1 aliphatic carbocycles. The van der Waals surface area contributed by atoms with Crippen LogP contribution >= 0.6 is 11.6 Å². The topological polar surface area (TPSA) is 75.2 Å². The minimum absolute atomic E-state index is 0.00892. The molecule has 6 nitrogen and oxygen atoms in total. The second-order valence-corrected chi connectivity index (χ2v) is 10.2. The van der Waals surface area contributed by atoms with E-state index >= 15 is 0 Å². The Balaban J connectivity index is 1.48. The number of pyridine rings is 2. The molecule has 2 fully saturated rings. The predicted octanol–water partition coefficient (Wildman–Crippen LogP) is 3.46. The largest absolute Gasteiger partial charge is 0.356 e. The van der Waals surface area contributed by atoms with Crippen molar-refractivity contribution in [2.75, 3.05) is 18.0 Å². The van der Waals surface area contributed by atoms with Crippen molar-refractivity contribution in [2.24, 2.45) is 0 Å². The third-order valence-electron chi connectivity index (χ3n) is 5.42. The fourth-order valence-corrected chi connectivity index (χ4v) is 5.55. The van der Waals surface area contributed by atoms with Crippen LogP contribution in [0.5, 0.6) is 0 Å². The maximum atomic E-state index is 12.1. The van der Waals surface area contributed by atoms with Gasteiger partial charge in [0.2, 0.25) is 10.0 Å². The van der Waals surface area contributed by atoms with Gasteiger partial charge in [0.05, 0.1) is 16.0 Å². The van der Waals surface area contributed by atoms with Crippen molar-refractivity contribution in [1.29, 1.82) is 0 Å². The summed E-state index contributed by atoms with van der Waals surface area (Å²) in [4.78, 5) is 11.2. The molecule has 0 spiro atoms. The average Bonchev–Trinajstić information content (AvgIpc) is 3.49. The van der Waals surface area contributed by atoms with E-state index in [9.17, 15) is 8.42 Å². The highest BCUT2D eigenvalue weighted by Crippen LogP contribution is 2.32. The number of hydrogen-bond donors (Lipinski definition) is 1. The van der Waals surface area contributed by atoms with E-state index in [0.717, 1.165) is 67.0 Å². The van der Waals surface area contributed by atoms with Crippen LogP contribution in [-0.4, -0.2) is 42.8 Å². The number of aryl methyl sites for hydroxylation is 2. The molecule has 2 aliphatic rings. The lowest BCUT2D eigenvalue weighted by molar-refractivity contribution is 0.458. The zero-order valence-electron chi connectivity index (χ0n) is 16.2. The number of piperidine rings is 1. The molecule has 0 amide bonds. The smallest absolute Gasteiger partial charge is 0.214 e. The highest BCUT2D eigenvalue weighted by molar-refractivity contribution is 7.90. The Labute approximate surface area is 171 Å². The molecular weight excluding hydrogens is 396 g/mol. The zero-order valence-corrected chi connectivity index (χ0v) is 17.7. The Morgan fingerprint density at radius 1 is 1.07 bits per heavy atom. The number of hydrogen-bond acceptors (Lipinski definition) is 5. The van der Waals surface area contributed by atoms with Gasteiger partial charge >= 0.3 is 0 Å². The average molecular weight is 421 g/mol. The number of anilines is 1. The third kappa shape index (κ3) is 4.16. The second kappa shape index (κ2) is 7.61. The Morgan fingerprint density at radius 2 is 1.79 bits per heavy atom. The molecule has 28 heavy (non-hydrogen) atoms. The number of halogens is 1. The van der Waals surface area contributed by atoms with Gasteiger partial charge in [-0.15, -0.1) is 0 Å². The fraction of sp³-hybridized carbons (Fsp3) is 0.500. The lowest BCUT2D eigenvalue weighted by Crippen LogP contribution is -2.45. The van der Waals surface area contributed by atoms with Crippen molar-refractivity contribution in [3.05, 3.63) is 40.7 Å². The number of sulfonamides is 1. The number of aromatic nitrogens is 2. The maximum Gasteiger partial charge on any atom is 0.214 e. The van der Waals surface area contributed by atoms with E-state index < -0.39 is 10.0 Å². The summed E-state index contributed by atoms with van der Waals surface area (Å²) in [5.74, 6) is 0.852. The van der Waals surface area contributed by atoms with E-state index in [1.165, 1.54) is 0 Å². The van der Waals surface area contributed by atoms with Crippen LogP contribution in [0.3, 0.4) is 0 Å². The first-order valence-electron chi connectivity index (χ1n) is 9.69. The molecule has 0 atom stereocenters. The molecule has 8 heteroatoms. The Kier molecular flexibility index (Phi) is 5.33. The van der Waals surface area contributed by atoms with Crippen molar-refractivity contribution in [2.45, 2.75) is 50.8 Å². The standard InChI is InChI=1S/C20H25ClN4O2S/c1-13-9-14(2)20(23-11-13)17-10-19(22-12-18(17)21)25-7-5-15(6-8-25)24-28(26,27)16-3-4-16/h9-12,15-16,24H,3-8H2,1-2H3. The molecule has 0 unspecified atom stereocenters. The SMILES string of the molecule is Cc1cnc(-c2cc(N3CCC(NS(=O)(=O)C4CC4)CC3)ncc2Cl)c(C)c1. The first kappa shape index (κ1) is 19.6. The molecule has 4 rings (SSSR count). The molecule has 0 bridgehead atoms. The number of nitrogens with zero attached hydrogens (tertiary/aromatic N) is 3. The zero-order chi connectivity index (χ0) is 19.9. The second-order valence-electron chi connectivity index (χ2n) is 7.82. The van der Waals surface area contributed by atoms with Gasteiger partial charge in [-0.1, -0.05) is 17.7 Å². The lowest BCUT2D eigenvalue weighted by atomic mass is 10.0. The van der Waals surface area contributed by atoms with Gasteiger partial charge in [-0.05, 0) is 56.7 Å².